The maximum Gasteiger partial charge on any atom is 0.253 e. The molecule has 0 saturated heterocycles. The van der Waals surface area contributed by atoms with Gasteiger partial charge >= 0.3 is 0 Å². The predicted octanol–water partition coefficient (Wildman–Crippen LogP) is 3.28. The van der Waals surface area contributed by atoms with Gasteiger partial charge < -0.3 is 21.1 Å². The fourth-order valence-corrected chi connectivity index (χ4v) is 3.47. The normalized spacial score (nSPS) is 11.7. The van der Waals surface area contributed by atoms with Crippen molar-refractivity contribution in [2.45, 2.75) is 6.04 Å². The number of methoxy groups -OCH3 is 1. The Morgan fingerprint density at radius 1 is 0.939 bits per heavy atom. The minimum Gasteiger partial charge on any atom is -0.497 e. The summed E-state index contributed by atoms with van der Waals surface area (Å²) in [6, 6.07) is 18.9. The first kappa shape index (κ1) is 21.8. The van der Waals surface area contributed by atoms with Crippen LogP contribution in [0.3, 0.4) is 0 Å². The summed E-state index contributed by atoms with van der Waals surface area (Å²) in [6.07, 6.45) is 0. The van der Waals surface area contributed by atoms with Crippen molar-refractivity contribution in [3.63, 3.8) is 0 Å². The third kappa shape index (κ3) is 4.45. The average Bonchev–Trinajstić information content (AvgIpc) is 2.85. The van der Waals surface area contributed by atoms with E-state index in [9.17, 15) is 18.8 Å². The van der Waals surface area contributed by atoms with E-state index in [0.717, 1.165) is 11.6 Å². The Morgan fingerprint density at radius 2 is 1.67 bits per heavy atom. The van der Waals surface area contributed by atoms with Crippen LogP contribution in [0.5, 0.6) is 5.75 Å². The number of carbonyl (C=O) groups is 1. The molecule has 0 bridgehead atoms. The van der Waals surface area contributed by atoms with E-state index in [4.69, 9.17) is 10.5 Å². The molecule has 0 aliphatic heterocycles. The van der Waals surface area contributed by atoms with Gasteiger partial charge in [0.2, 0.25) is 0 Å². The fraction of sp³-hybridized carbons (Fsp3) is 0.0800. The molecule has 8 heteroatoms. The van der Waals surface area contributed by atoms with Gasteiger partial charge in [-0.15, -0.1) is 0 Å². The molecule has 0 aliphatic carbocycles. The highest BCUT2D eigenvalue weighted by Crippen LogP contribution is 2.28. The number of nitrogens with two attached hydrogens (primary N) is 1. The number of hydrogen-bond acceptors (Lipinski definition) is 6. The minimum atomic E-state index is -0.716. The second-order valence-electron chi connectivity index (χ2n) is 7.39. The van der Waals surface area contributed by atoms with Crippen molar-refractivity contribution in [3.8, 4) is 5.75 Å². The summed E-state index contributed by atoms with van der Waals surface area (Å²) in [5.74, 6) is -0.319. The zero-order chi connectivity index (χ0) is 23.5. The van der Waals surface area contributed by atoms with Crippen LogP contribution in [0.1, 0.15) is 27.5 Å². The molecule has 1 unspecified atom stereocenters. The predicted molar refractivity (Wildman–Crippen MR) is 124 cm³/mol. The van der Waals surface area contributed by atoms with Crippen LogP contribution >= 0.6 is 0 Å². The van der Waals surface area contributed by atoms with Gasteiger partial charge in [-0.3, -0.25) is 14.4 Å². The number of hydrogen-bond donors (Lipinski definition) is 3. The van der Waals surface area contributed by atoms with Crippen LogP contribution in [0.2, 0.25) is 0 Å². The zero-order valence-electron chi connectivity index (χ0n) is 17.6. The van der Waals surface area contributed by atoms with E-state index in [0.29, 0.717) is 17.0 Å². The first-order valence-electron chi connectivity index (χ1n) is 10.0. The summed E-state index contributed by atoms with van der Waals surface area (Å²) in [6.45, 7) is 0. The molecular weight excluding hydrogens is 425 g/mol. The number of nitrogens with one attached hydrogen (secondary N) is 2. The van der Waals surface area contributed by atoms with Crippen molar-refractivity contribution in [3.05, 3.63) is 116 Å². The Kier molecular flexibility index (Phi) is 5.91. The molecule has 1 atom stereocenters. The molecule has 0 spiro atoms. The SMILES string of the molecule is COc1ccc(C(NC(=O)c2cccc(F)c2)c2cccc(Nc3c(N)c(=O)c3=O)c2)cc1. The lowest BCUT2D eigenvalue weighted by Gasteiger charge is -2.21. The smallest absolute Gasteiger partial charge is 0.253 e. The molecule has 4 aromatic carbocycles. The topological polar surface area (TPSA) is 111 Å². The number of amides is 1. The summed E-state index contributed by atoms with van der Waals surface area (Å²) >= 11 is 0. The Balaban J connectivity index is 1.69. The molecule has 0 aliphatic rings. The third-order valence-electron chi connectivity index (χ3n) is 5.25. The molecule has 4 N–H and O–H groups in total. The average molecular weight is 445 g/mol. The van der Waals surface area contributed by atoms with Crippen molar-refractivity contribution >= 4 is 23.0 Å². The van der Waals surface area contributed by atoms with E-state index >= 15 is 0 Å². The van der Waals surface area contributed by atoms with Crippen molar-refractivity contribution in [2.75, 3.05) is 18.2 Å². The molecule has 0 aromatic heterocycles. The number of carbonyl (C=O) groups excluding carboxylic acids is 1. The molecule has 0 radical (unpaired) electrons. The highest BCUT2D eigenvalue weighted by molar-refractivity contribution is 5.94. The van der Waals surface area contributed by atoms with Crippen LogP contribution < -0.4 is 32.0 Å². The van der Waals surface area contributed by atoms with Gasteiger partial charge in [0, 0.05) is 11.3 Å². The lowest BCUT2D eigenvalue weighted by molar-refractivity contribution is 0.0942. The molecule has 1 amide bonds. The first-order chi connectivity index (χ1) is 15.9. The van der Waals surface area contributed by atoms with Crippen LogP contribution in [0.4, 0.5) is 21.5 Å². The first-order valence-corrected chi connectivity index (χ1v) is 10.0. The number of nitrogen functional groups attached to an aromatic ring is 1. The second-order valence-corrected chi connectivity index (χ2v) is 7.39. The lowest BCUT2D eigenvalue weighted by Crippen LogP contribution is -2.36. The van der Waals surface area contributed by atoms with Crippen LogP contribution in [-0.2, 0) is 0 Å². The Morgan fingerprint density at radius 3 is 2.33 bits per heavy atom. The van der Waals surface area contributed by atoms with Crippen LogP contribution in [0.15, 0.2) is 82.4 Å². The summed E-state index contributed by atoms with van der Waals surface area (Å²) < 4.78 is 18.8. The van der Waals surface area contributed by atoms with E-state index < -0.39 is 28.6 Å². The molecule has 166 valence electrons. The maximum atomic E-state index is 13.6. The van der Waals surface area contributed by atoms with Crippen molar-refractivity contribution in [2.24, 2.45) is 0 Å². The second kappa shape index (κ2) is 8.96. The Hall–Kier alpha value is -4.46. The number of anilines is 3. The highest BCUT2D eigenvalue weighted by atomic mass is 19.1. The van der Waals surface area contributed by atoms with Crippen LogP contribution in [-0.4, -0.2) is 13.0 Å². The van der Waals surface area contributed by atoms with Gasteiger partial charge in [-0.25, -0.2) is 4.39 Å². The molecule has 4 rings (SSSR count). The fourth-order valence-electron chi connectivity index (χ4n) is 3.47. The highest BCUT2D eigenvalue weighted by Gasteiger charge is 2.21. The third-order valence-corrected chi connectivity index (χ3v) is 5.25. The standard InChI is InChI=1S/C25H20FN3O4/c1-33-19-10-8-14(9-11-19)21(29-25(32)16-5-2-6-17(26)12-16)15-4-3-7-18(13-15)28-22-20(27)23(30)24(22)31/h2-13,21,28H,27H2,1H3,(H,29,32). The molecule has 0 fully saturated rings. The quantitative estimate of drug-likeness (QED) is 0.377. The number of benzene rings is 3. The van der Waals surface area contributed by atoms with Gasteiger partial charge in [0.1, 0.15) is 22.9 Å². The molecular formula is C25H20FN3O4. The van der Waals surface area contributed by atoms with Gasteiger partial charge in [0.15, 0.2) is 0 Å². The minimum absolute atomic E-state index is 0.0435. The number of ether oxygens (including phenoxy) is 1. The number of rotatable bonds is 7. The summed E-state index contributed by atoms with van der Waals surface area (Å²) in [4.78, 5) is 36.0. The lowest BCUT2D eigenvalue weighted by atomic mass is 9.97. The van der Waals surface area contributed by atoms with Crippen molar-refractivity contribution in [1.82, 2.24) is 5.32 Å². The molecule has 33 heavy (non-hydrogen) atoms. The van der Waals surface area contributed by atoms with Gasteiger partial charge in [0.05, 0.1) is 13.2 Å². The Bertz CT molecular complexity index is 1390. The van der Waals surface area contributed by atoms with Crippen LogP contribution in [0, 0.1) is 5.82 Å². The molecule has 4 aromatic rings. The largest absolute Gasteiger partial charge is 0.497 e. The van der Waals surface area contributed by atoms with Crippen LogP contribution in [0.25, 0.3) is 0 Å². The van der Waals surface area contributed by atoms with Crippen molar-refractivity contribution < 1.29 is 13.9 Å². The van der Waals surface area contributed by atoms with E-state index in [1.54, 1.807) is 43.5 Å². The maximum absolute atomic E-state index is 13.6. The zero-order valence-corrected chi connectivity index (χ0v) is 17.6. The molecule has 0 heterocycles. The van der Waals surface area contributed by atoms with Gasteiger partial charge in [-0.05, 0) is 53.6 Å². The molecule has 0 saturated carbocycles. The van der Waals surface area contributed by atoms with E-state index in [1.165, 1.54) is 18.2 Å². The van der Waals surface area contributed by atoms with E-state index in [1.807, 2.05) is 12.1 Å². The molecule has 7 nitrogen and oxygen atoms in total. The monoisotopic (exact) mass is 445 g/mol. The van der Waals surface area contributed by atoms with E-state index in [-0.39, 0.29) is 16.9 Å². The van der Waals surface area contributed by atoms with Gasteiger partial charge in [-0.1, -0.05) is 30.3 Å². The summed E-state index contributed by atoms with van der Waals surface area (Å²) in [5, 5.41) is 5.80. The number of halogens is 1. The van der Waals surface area contributed by atoms with E-state index in [2.05, 4.69) is 10.6 Å². The Labute approximate surface area is 188 Å². The summed E-state index contributed by atoms with van der Waals surface area (Å²) in [7, 11) is 1.56. The van der Waals surface area contributed by atoms with Crippen molar-refractivity contribution in [1.29, 1.82) is 0 Å². The van der Waals surface area contributed by atoms with Gasteiger partial charge in [-0.2, -0.15) is 0 Å². The summed E-state index contributed by atoms with van der Waals surface area (Å²) in [5.41, 5.74) is 6.29. The van der Waals surface area contributed by atoms with Gasteiger partial charge in [0.25, 0.3) is 16.8 Å².